The van der Waals surface area contributed by atoms with Crippen LogP contribution in [0.15, 0.2) is 24.3 Å². The fraction of sp³-hybridized carbons (Fsp3) is 0.462. The molecule has 0 bridgehead atoms. The van der Waals surface area contributed by atoms with Crippen molar-refractivity contribution in [2.24, 2.45) is 0 Å². The highest BCUT2D eigenvalue weighted by Crippen LogP contribution is 2.22. The van der Waals surface area contributed by atoms with Crippen LogP contribution in [0, 0.1) is 0 Å². The Morgan fingerprint density at radius 2 is 1.94 bits per heavy atom. The van der Waals surface area contributed by atoms with Crippen LogP contribution in [-0.4, -0.2) is 24.5 Å². The second-order valence-corrected chi connectivity index (χ2v) is 5.45. The third-order valence-electron chi connectivity index (χ3n) is 2.94. The number of hydrogen-bond acceptors (Lipinski definition) is 2. The van der Waals surface area contributed by atoms with Gasteiger partial charge in [0.1, 0.15) is 0 Å². The molecule has 1 aliphatic heterocycles. The lowest BCUT2D eigenvalue weighted by atomic mass is 10.1. The van der Waals surface area contributed by atoms with E-state index in [0.29, 0.717) is 18.0 Å². The summed E-state index contributed by atoms with van der Waals surface area (Å²) in [6.07, 6.45) is 0.534. The summed E-state index contributed by atoms with van der Waals surface area (Å²) in [7, 11) is 0. The summed E-state index contributed by atoms with van der Waals surface area (Å²) in [5.41, 5.74) is 0.849. The maximum atomic E-state index is 12.0. The van der Waals surface area contributed by atoms with E-state index in [1.165, 1.54) is 0 Å². The summed E-state index contributed by atoms with van der Waals surface area (Å²) < 4.78 is 0. The number of carbonyl (C=O) groups is 1. The zero-order valence-electron chi connectivity index (χ0n) is 10.2. The predicted octanol–water partition coefficient (Wildman–Crippen LogP) is 2.44. The zero-order chi connectivity index (χ0) is 12.5. The normalized spacial score (nSPS) is 20.2. The molecule has 1 aromatic carbocycles. The Balaban J connectivity index is 2.27. The number of benzene rings is 1. The molecule has 0 unspecified atom stereocenters. The first-order valence-electron chi connectivity index (χ1n) is 5.79. The van der Waals surface area contributed by atoms with Crippen LogP contribution in [0.2, 0.25) is 5.02 Å². The van der Waals surface area contributed by atoms with Gasteiger partial charge in [0.05, 0.1) is 0 Å². The highest BCUT2D eigenvalue weighted by molar-refractivity contribution is 6.30. The van der Waals surface area contributed by atoms with Gasteiger partial charge in [0.15, 0.2) is 0 Å². The molecular weight excluding hydrogens is 236 g/mol. The Bertz CT molecular complexity index is 414. The highest BCUT2D eigenvalue weighted by atomic mass is 35.5. The molecule has 0 aliphatic carbocycles. The standard InChI is InChI=1S/C13H17ClN2O/c1-13(2)9-16(12(17)7-8-15-13)11-5-3-10(14)4-6-11/h3-6,15H,7-9H2,1-2H3. The summed E-state index contributed by atoms with van der Waals surface area (Å²) in [6, 6.07) is 7.41. The maximum Gasteiger partial charge on any atom is 0.228 e. The van der Waals surface area contributed by atoms with Gasteiger partial charge in [0, 0.05) is 35.8 Å². The van der Waals surface area contributed by atoms with E-state index in [9.17, 15) is 4.79 Å². The van der Waals surface area contributed by atoms with Crippen molar-refractivity contribution in [2.45, 2.75) is 25.8 Å². The van der Waals surface area contributed by atoms with Gasteiger partial charge < -0.3 is 10.2 Å². The number of hydrogen-bond donors (Lipinski definition) is 1. The third-order valence-corrected chi connectivity index (χ3v) is 3.19. The van der Waals surface area contributed by atoms with E-state index in [4.69, 9.17) is 11.6 Å². The molecule has 0 atom stereocenters. The minimum Gasteiger partial charge on any atom is -0.311 e. The molecule has 1 amide bonds. The van der Waals surface area contributed by atoms with Gasteiger partial charge in [-0.3, -0.25) is 4.79 Å². The van der Waals surface area contributed by atoms with Gasteiger partial charge in [0.2, 0.25) is 5.91 Å². The van der Waals surface area contributed by atoms with E-state index in [2.05, 4.69) is 19.2 Å². The van der Waals surface area contributed by atoms with Crippen molar-refractivity contribution in [3.05, 3.63) is 29.3 Å². The van der Waals surface area contributed by atoms with Crippen LogP contribution in [-0.2, 0) is 4.79 Å². The zero-order valence-corrected chi connectivity index (χ0v) is 10.9. The summed E-state index contributed by atoms with van der Waals surface area (Å²) in [4.78, 5) is 13.9. The SMILES string of the molecule is CC1(C)CN(c2ccc(Cl)cc2)C(=O)CCN1. The summed E-state index contributed by atoms with van der Waals surface area (Å²) in [5.74, 6) is 0.158. The first-order valence-corrected chi connectivity index (χ1v) is 6.17. The molecule has 4 heteroatoms. The molecule has 0 aromatic heterocycles. The van der Waals surface area contributed by atoms with Crippen LogP contribution in [0.25, 0.3) is 0 Å². The Morgan fingerprint density at radius 1 is 1.29 bits per heavy atom. The lowest BCUT2D eigenvalue weighted by Gasteiger charge is -2.30. The average Bonchev–Trinajstić information content (AvgIpc) is 2.39. The minimum absolute atomic E-state index is 0.0637. The number of carbonyl (C=O) groups excluding carboxylic acids is 1. The van der Waals surface area contributed by atoms with E-state index >= 15 is 0 Å². The Kier molecular flexibility index (Phi) is 3.40. The Labute approximate surface area is 107 Å². The van der Waals surface area contributed by atoms with E-state index in [0.717, 1.165) is 12.2 Å². The Hall–Kier alpha value is -1.06. The topological polar surface area (TPSA) is 32.3 Å². The van der Waals surface area contributed by atoms with Crippen molar-refractivity contribution in [1.29, 1.82) is 0 Å². The average molecular weight is 253 g/mol. The molecule has 0 saturated carbocycles. The fourth-order valence-electron chi connectivity index (χ4n) is 2.04. The second kappa shape index (κ2) is 4.67. The Morgan fingerprint density at radius 3 is 2.59 bits per heavy atom. The van der Waals surface area contributed by atoms with E-state index < -0.39 is 0 Å². The number of nitrogens with one attached hydrogen (secondary N) is 1. The molecule has 1 aliphatic rings. The van der Waals surface area contributed by atoms with Gasteiger partial charge in [-0.1, -0.05) is 11.6 Å². The number of halogens is 1. The van der Waals surface area contributed by atoms with Crippen LogP contribution in [0.3, 0.4) is 0 Å². The lowest BCUT2D eigenvalue weighted by Crippen LogP contribution is -2.47. The summed E-state index contributed by atoms with van der Waals surface area (Å²) >= 11 is 5.86. The molecular formula is C13H17ClN2O. The van der Waals surface area contributed by atoms with Gasteiger partial charge in [-0.05, 0) is 38.1 Å². The molecule has 2 rings (SSSR count). The van der Waals surface area contributed by atoms with E-state index in [-0.39, 0.29) is 11.4 Å². The fourth-order valence-corrected chi connectivity index (χ4v) is 2.16. The van der Waals surface area contributed by atoms with Crippen molar-refractivity contribution < 1.29 is 4.79 Å². The van der Waals surface area contributed by atoms with Gasteiger partial charge in [-0.2, -0.15) is 0 Å². The van der Waals surface area contributed by atoms with Gasteiger partial charge in [0.25, 0.3) is 0 Å². The molecule has 0 radical (unpaired) electrons. The van der Waals surface area contributed by atoms with Crippen molar-refractivity contribution in [3.8, 4) is 0 Å². The molecule has 92 valence electrons. The number of anilines is 1. The number of amides is 1. The number of nitrogens with zero attached hydrogens (tertiary/aromatic N) is 1. The summed E-state index contributed by atoms with van der Waals surface area (Å²) in [6.45, 7) is 5.62. The lowest BCUT2D eigenvalue weighted by molar-refractivity contribution is -0.118. The molecule has 1 N–H and O–H groups in total. The van der Waals surface area contributed by atoms with Gasteiger partial charge >= 0.3 is 0 Å². The number of rotatable bonds is 1. The maximum absolute atomic E-state index is 12.0. The van der Waals surface area contributed by atoms with Crippen LogP contribution in [0.5, 0.6) is 0 Å². The predicted molar refractivity (Wildman–Crippen MR) is 70.5 cm³/mol. The van der Waals surface area contributed by atoms with Crippen LogP contribution >= 0.6 is 11.6 Å². The molecule has 1 fully saturated rings. The van der Waals surface area contributed by atoms with Crippen molar-refractivity contribution in [2.75, 3.05) is 18.0 Å². The van der Waals surface area contributed by atoms with Gasteiger partial charge in [-0.25, -0.2) is 0 Å². The van der Waals surface area contributed by atoms with E-state index in [1.807, 2.05) is 29.2 Å². The molecule has 1 heterocycles. The van der Waals surface area contributed by atoms with Crippen molar-refractivity contribution in [3.63, 3.8) is 0 Å². The first-order chi connectivity index (χ1) is 7.98. The second-order valence-electron chi connectivity index (χ2n) is 5.02. The van der Waals surface area contributed by atoms with Crippen molar-refractivity contribution in [1.82, 2.24) is 5.32 Å². The van der Waals surface area contributed by atoms with Crippen LogP contribution < -0.4 is 10.2 Å². The molecule has 1 saturated heterocycles. The summed E-state index contributed by atoms with van der Waals surface area (Å²) in [5, 5.41) is 4.06. The largest absolute Gasteiger partial charge is 0.311 e. The molecule has 0 spiro atoms. The van der Waals surface area contributed by atoms with E-state index in [1.54, 1.807) is 0 Å². The molecule has 3 nitrogen and oxygen atoms in total. The minimum atomic E-state index is -0.0637. The quantitative estimate of drug-likeness (QED) is 0.833. The van der Waals surface area contributed by atoms with Crippen molar-refractivity contribution >= 4 is 23.2 Å². The highest BCUT2D eigenvalue weighted by Gasteiger charge is 2.28. The monoisotopic (exact) mass is 252 g/mol. The van der Waals surface area contributed by atoms with Crippen LogP contribution in [0.1, 0.15) is 20.3 Å². The first kappa shape index (κ1) is 12.4. The van der Waals surface area contributed by atoms with Crippen LogP contribution in [0.4, 0.5) is 5.69 Å². The third kappa shape index (κ3) is 2.99. The molecule has 1 aromatic rings. The van der Waals surface area contributed by atoms with Gasteiger partial charge in [-0.15, -0.1) is 0 Å². The smallest absolute Gasteiger partial charge is 0.228 e. The molecule has 17 heavy (non-hydrogen) atoms.